The van der Waals surface area contributed by atoms with E-state index < -0.39 is 23.7 Å². The zero-order chi connectivity index (χ0) is 24.3. The van der Waals surface area contributed by atoms with E-state index >= 15 is 0 Å². The number of nitrogens with zero attached hydrogens (tertiary/aromatic N) is 4. The zero-order valence-corrected chi connectivity index (χ0v) is 17.9. The summed E-state index contributed by atoms with van der Waals surface area (Å²) in [4.78, 5) is 29.9. The third kappa shape index (κ3) is 5.49. The van der Waals surface area contributed by atoms with Crippen LogP contribution in [0.4, 0.5) is 23.2 Å². The van der Waals surface area contributed by atoms with Gasteiger partial charge in [0, 0.05) is 37.8 Å². The van der Waals surface area contributed by atoms with Crippen molar-refractivity contribution >= 4 is 18.0 Å². The first-order valence-electron chi connectivity index (χ1n) is 9.94. The molecule has 2 amide bonds. The fraction of sp³-hybridized carbons (Fsp3) is 0.450. The highest BCUT2D eigenvalue weighted by molar-refractivity contribution is 5.93. The summed E-state index contributed by atoms with van der Waals surface area (Å²) in [6, 6.07) is 2.22. The SMILES string of the molecule is CN1CCc2nn3c(c2C1)C(=O)N(C)OC(CO)C3.O=CNc1ccc(F)c(C(F)(F)F)c1. The number of fused-ring (bicyclic) bond motifs is 3. The fourth-order valence-electron chi connectivity index (χ4n) is 3.57. The molecule has 0 aliphatic carbocycles. The molecule has 3 heterocycles. The van der Waals surface area contributed by atoms with Gasteiger partial charge in [-0.1, -0.05) is 0 Å². The van der Waals surface area contributed by atoms with Gasteiger partial charge in [-0.05, 0) is 25.2 Å². The van der Waals surface area contributed by atoms with Gasteiger partial charge in [-0.15, -0.1) is 0 Å². The second-order valence-electron chi connectivity index (χ2n) is 7.61. The first-order valence-corrected chi connectivity index (χ1v) is 9.94. The van der Waals surface area contributed by atoms with Crippen LogP contribution in [-0.4, -0.2) is 70.5 Å². The van der Waals surface area contributed by atoms with Gasteiger partial charge in [-0.3, -0.25) is 19.1 Å². The Kier molecular flexibility index (Phi) is 7.34. The number of hydrogen-bond donors (Lipinski definition) is 2. The fourth-order valence-corrected chi connectivity index (χ4v) is 3.57. The topological polar surface area (TPSA) is 99.9 Å². The van der Waals surface area contributed by atoms with Crippen LogP contribution < -0.4 is 5.32 Å². The lowest BCUT2D eigenvalue weighted by Crippen LogP contribution is -2.33. The Bertz CT molecular complexity index is 1030. The summed E-state index contributed by atoms with van der Waals surface area (Å²) >= 11 is 0. The zero-order valence-electron chi connectivity index (χ0n) is 17.9. The standard InChI is InChI=1S/C12H18N4O3.C8H5F4NO/c1-14-4-3-10-9(6-14)11-12(18)15(2)19-8(7-17)5-16(11)13-10;9-7-2-1-5(13-4-14)3-6(7)8(10,11)12/h8,17H,3-7H2,1-2H3;1-4H,(H,13,14). The molecular weight excluding hydrogens is 450 g/mol. The Morgan fingerprint density at radius 2 is 2.06 bits per heavy atom. The summed E-state index contributed by atoms with van der Waals surface area (Å²) in [7, 11) is 3.61. The molecule has 4 rings (SSSR count). The van der Waals surface area contributed by atoms with Gasteiger partial charge in [0.05, 0.1) is 24.4 Å². The summed E-state index contributed by atoms with van der Waals surface area (Å²) in [6.07, 6.45) is -4.12. The lowest BCUT2D eigenvalue weighted by Gasteiger charge is -2.23. The van der Waals surface area contributed by atoms with Crippen LogP contribution in [0.2, 0.25) is 0 Å². The molecule has 9 nitrogen and oxygen atoms in total. The second kappa shape index (κ2) is 9.85. The number of aliphatic hydroxyl groups excluding tert-OH is 1. The van der Waals surface area contributed by atoms with Crippen LogP contribution in [0, 0.1) is 5.82 Å². The molecule has 1 unspecified atom stereocenters. The van der Waals surface area contributed by atoms with E-state index in [1.165, 1.54) is 5.06 Å². The number of carbonyl (C=O) groups excluding carboxylic acids is 2. The van der Waals surface area contributed by atoms with Gasteiger partial charge < -0.3 is 15.3 Å². The van der Waals surface area contributed by atoms with Gasteiger partial charge in [0.1, 0.15) is 17.6 Å². The molecule has 1 aromatic carbocycles. The first-order chi connectivity index (χ1) is 15.5. The number of amides is 2. The van der Waals surface area contributed by atoms with Crippen LogP contribution in [0.15, 0.2) is 18.2 Å². The summed E-state index contributed by atoms with van der Waals surface area (Å²) in [6.45, 7) is 1.95. The number of nitrogens with one attached hydrogen (secondary N) is 1. The number of aliphatic hydroxyl groups is 1. The van der Waals surface area contributed by atoms with E-state index in [0.29, 0.717) is 24.4 Å². The Labute approximate surface area is 186 Å². The molecule has 2 aromatic rings. The monoisotopic (exact) mass is 473 g/mol. The van der Waals surface area contributed by atoms with Crippen molar-refractivity contribution in [2.24, 2.45) is 0 Å². The average molecular weight is 473 g/mol. The van der Waals surface area contributed by atoms with Gasteiger partial charge >= 0.3 is 6.18 Å². The Morgan fingerprint density at radius 3 is 2.70 bits per heavy atom. The minimum atomic E-state index is -4.76. The highest BCUT2D eigenvalue weighted by Crippen LogP contribution is 2.32. The Hall–Kier alpha value is -3.03. The predicted octanol–water partition coefficient (Wildman–Crippen LogP) is 1.66. The molecule has 0 spiro atoms. The quantitative estimate of drug-likeness (QED) is 0.520. The smallest absolute Gasteiger partial charge is 0.393 e. The molecule has 0 saturated carbocycles. The molecule has 2 aliphatic rings. The number of halogens is 4. The molecule has 33 heavy (non-hydrogen) atoms. The molecular formula is C20H23F4N5O4. The minimum absolute atomic E-state index is 0.103. The van der Waals surface area contributed by atoms with E-state index in [1.807, 2.05) is 12.4 Å². The number of anilines is 1. The van der Waals surface area contributed by atoms with Gasteiger partial charge in [-0.2, -0.15) is 18.3 Å². The molecule has 0 saturated heterocycles. The minimum Gasteiger partial charge on any atom is -0.393 e. The molecule has 0 bridgehead atoms. The molecule has 1 aromatic heterocycles. The van der Waals surface area contributed by atoms with Crippen LogP contribution >= 0.6 is 0 Å². The van der Waals surface area contributed by atoms with Crippen molar-refractivity contribution in [3.8, 4) is 0 Å². The van der Waals surface area contributed by atoms with Crippen LogP contribution in [0.5, 0.6) is 0 Å². The molecule has 0 radical (unpaired) electrons. The lowest BCUT2D eigenvalue weighted by molar-refractivity contribution is -0.159. The summed E-state index contributed by atoms with van der Waals surface area (Å²) < 4.78 is 50.7. The third-order valence-corrected chi connectivity index (χ3v) is 5.17. The maximum Gasteiger partial charge on any atom is 0.419 e. The highest BCUT2D eigenvalue weighted by Gasteiger charge is 2.35. The summed E-state index contributed by atoms with van der Waals surface area (Å²) in [5.74, 6) is -1.56. The maximum atomic E-state index is 12.7. The lowest BCUT2D eigenvalue weighted by atomic mass is 10.1. The number of alkyl halides is 3. The largest absolute Gasteiger partial charge is 0.419 e. The molecule has 13 heteroatoms. The van der Waals surface area contributed by atoms with Crippen molar-refractivity contribution < 1.29 is 37.1 Å². The number of carbonyl (C=O) groups is 2. The van der Waals surface area contributed by atoms with Gasteiger partial charge in [-0.25, -0.2) is 9.45 Å². The Balaban J connectivity index is 0.000000196. The average Bonchev–Trinajstić information content (AvgIpc) is 3.04. The van der Waals surface area contributed by atoms with E-state index in [0.717, 1.165) is 36.8 Å². The van der Waals surface area contributed by atoms with E-state index in [-0.39, 0.29) is 24.6 Å². The third-order valence-electron chi connectivity index (χ3n) is 5.17. The number of hydrogen-bond acceptors (Lipinski definition) is 6. The van der Waals surface area contributed by atoms with E-state index in [4.69, 9.17) is 4.84 Å². The molecule has 2 N–H and O–H groups in total. The van der Waals surface area contributed by atoms with Crippen molar-refractivity contribution in [1.29, 1.82) is 0 Å². The maximum absolute atomic E-state index is 12.7. The van der Waals surface area contributed by atoms with Crippen molar-refractivity contribution in [3.05, 3.63) is 46.5 Å². The van der Waals surface area contributed by atoms with E-state index in [2.05, 4.69) is 10.00 Å². The molecule has 2 aliphatic heterocycles. The highest BCUT2D eigenvalue weighted by atomic mass is 19.4. The summed E-state index contributed by atoms with van der Waals surface area (Å²) in [5.41, 5.74) is 1.08. The molecule has 180 valence electrons. The van der Waals surface area contributed by atoms with E-state index in [9.17, 15) is 32.3 Å². The van der Waals surface area contributed by atoms with Crippen LogP contribution in [0.25, 0.3) is 0 Å². The van der Waals surface area contributed by atoms with Crippen molar-refractivity contribution in [2.75, 3.05) is 32.6 Å². The molecule has 0 fully saturated rings. The number of hydroxylamine groups is 2. The summed E-state index contributed by atoms with van der Waals surface area (Å²) in [5, 5.41) is 17.0. The number of likely N-dealkylation sites (N-methyl/N-ethyl adjacent to an activating group) is 1. The van der Waals surface area contributed by atoms with Gasteiger partial charge in [0.25, 0.3) is 5.91 Å². The normalized spacial score (nSPS) is 18.6. The van der Waals surface area contributed by atoms with Crippen LogP contribution in [0.3, 0.4) is 0 Å². The number of benzene rings is 1. The van der Waals surface area contributed by atoms with Crippen LogP contribution in [-0.2, 0) is 35.3 Å². The molecule has 1 atom stereocenters. The second-order valence-corrected chi connectivity index (χ2v) is 7.61. The van der Waals surface area contributed by atoms with Gasteiger partial charge in [0.2, 0.25) is 6.41 Å². The van der Waals surface area contributed by atoms with Gasteiger partial charge in [0.15, 0.2) is 0 Å². The predicted molar refractivity (Wildman–Crippen MR) is 107 cm³/mol. The van der Waals surface area contributed by atoms with E-state index in [1.54, 1.807) is 11.7 Å². The number of rotatable bonds is 3. The first kappa shape index (κ1) is 24.6. The van der Waals surface area contributed by atoms with Crippen molar-refractivity contribution in [1.82, 2.24) is 19.7 Å². The number of aromatic nitrogens is 2. The van der Waals surface area contributed by atoms with Crippen LogP contribution in [0.1, 0.15) is 27.3 Å². The Morgan fingerprint density at radius 1 is 1.33 bits per heavy atom. The van der Waals surface area contributed by atoms with Crippen molar-refractivity contribution in [3.63, 3.8) is 0 Å². The van der Waals surface area contributed by atoms with Crippen molar-refractivity contribution in [2.45, 2.75) is 31.8 Å².